The number of amides is 2. The third-order valence-corrected chi connectivity index (χ3v) is 5.23. The second kappa shape index (κ2) is 15.0. The molecule has 0 aliphatic rings. The fourth-order valence-corrected chi connectivity index (χ4v) is 3.81. The van der Waals surface area contributed by atoms with Crippen LogP contribution >= 0.6 is 46.4 Å². The number of hydrogen-bond donors (Lipinski definition) is 0. The summed E-state index contributed by atoms with van der Waals surface area (Å²) in [6.07, 6.45) is 0.364. The minimum atomic E-state index is -0.290. The third-order valence-electron chi connectivity index (χ3n) is 4.55. The first-order valence-corrected chi connectivity index (χ1v) is 11.6. The zero-order chi connectivity index (χ0) is 21.6. The van der Waals surface area contributed by atoms with Gasteiger partial charge in [0.15, 0.2) is 0 Å². The summed E-state index contributed by atoms with van der Waals surface area (Å²) in [4.78, 5) is 29.0. The highest BCUT2D eigenvalue weighted by Gasteiger charge is 2.25. The fraction of sp³-hybridized carbons (Fsp3) is 0.600. The van der Waals surface area contributed by atoms with Crippen molar-refractivity contribution in [3.63, 3.8) is 0 Å². The van der Waals surface area contributed by atoms with Crippen LogP contribution in [0.4, 0.5) is 0 Å². The molecular formula is C20H28Cl4N2O3. The number of methoxy groups -OCH3 is 1. The van der Waals surface area contributed by atoms with Crippen LogP contribution in [-0.2, 0) is 9.59 Å². The zero-order valence-corrected chi connectivity index (χ0v) is 19.6. The Morgan fingerprint density at radius 1 is 0.793 bits per heavy atom. The molecule has 9 heteroatoms. The lowest BCUT2D eigenvalue weighted by Crippen LogP contribution is -2.37. The van der Waals surface area contributed by atoms with Gasteiger partial charge in [0, 0.05) is 68.5 Å². The number of nitrogens with zero attached hydrogens (tertiary/aromatic N) is 2. The maximum absolute atomic E-state index is 12.8. The normalized spacial score (nSPS) is 10.8. The Morgan fingerprint density at radius 2 is 1.17 bits per heavy atom. The summed E-state index contributed by atoms with van der Waals surface area (Å²) in [5.74, 6) is 1.57. The van der Waals surface area contributed by atoms with Gasteiger partial charge >= 0.3 is 0 Å². The Morgan fingerprint density at radius 3 is 1.48 bits per heavy atom. The molecule has 0 heterocycles. The summed E-state index contributed by atoms with van der Waals surface area (Å²) in [5, 5.41) is 0. The minimum absolute atomic E-state index is 0.0823. The monoisotopic (exact) mass is 484 g/mol. The highest BCUT2D eigenvalue weighted by molar-refractivity contribution is 6.19. The van der Waals surface area contributed by atoms with Crippen LogP contribution in [0.2, 0.25) is 0 Å². The van der Waals surface area contributed by atoms with E-state index in [4.69, 9.17) is 51.1 Å². The van der Waals surface area contributed by atoms with Crippen LogP contribution in [0, 0.1) is 0 Å². The number of carbonyl (C=O) groups excluding carboxylic acids is 2. The van der Waals surface area contributed by atoms with E-state index in [0.29, 0.717) is 55.4 Å². The number of benzene rings is 1. The summed E-state index contributed by atoms with van der Waals surface area (Å²) >= 11 is 23.3. The Hall–Kier alpha value is -0.880. The number of rotatable bonds is 14. The first kappa shape index (κ1) is 26.2. The lowest BCUT2D eigenvalue weighted by molar-refractivity contribution is -0.133. The van der Waals surface area contributed by atoms with Gasteiger partial charge in [0.05, 0.1) is 7.11 Å². The highest BCUT2D eigenvalue weighted by Crippen LogP contribution is 2.27. The Balaban J connectivity index is 3.03. The summed E-state index contributed by atoms with van der Waals surface area (Å²) in [6.45, 7) is 1.67. The molecule has 0 atom stereocenters. The van der Waals surface area contributed by atoms with Crippen LogP contribution < -0.4 is 4.74 Å². The van der Waals surface area contributed by atoms with Gasteiger partial charge < -0.3 is 14.5 Å². The van der Waals surface area contributed by atoms with E-state index < -0.39 is 0 Å². The quantitative estimate of drug-likeness (QED) is 0.371. The van der Waals surface area contributed by atoms with Crippen LogP contribution in [-0.4, -0.2) is 78.4 Å². The van der Waals surface area contributed by atoms with E-state index in [0.717, 1.165) is 5.56 Å². The van der Waals surface area contributed by atoms with Crippen molar-refractivity contribution in [1.82, 2.24) is 9.80 Å². The number of carbonyl (C=O) groups is 2. The van der Waals surface area contributed by atoms with Gasteiger partial charge in [0.2, 0.25) is 11.8 Å². The molecule has 0 bridgehead atoms. The molecule has 0 fully saturated rings. The lowest BCUT2D eigenvalue weighted by Gasteiger charge is -2.26. The smallest absolute Gasteiger partial charge is 0.223 e. The van der Waals surface area contributed by atoms with E-state index in [1.807, 2.05) is 24.3 Å². The van der Waals surface area contributed by atoms with Crippen molar-refractivity contribution in [3.8, 4) is 5.75 Å². The molecule has 0 spiro atoms. The molecule has 0 aromatic heterocycles. The summed E-state index contributed by atoms with van der Waals surface area (Å²) in [7, 11) is 1.59. The molecule has 1 aromatic carbocycles. The Kier molecular flexibility index (Phi) is 13.5. The highest BCUT2D eigenvalue weighted by atomic mass is 35.5. The van der Waals surface area contributed by atoms with Gasteiger partial charge in [-0.15, -0.1) is 46.4 Å². The standard InChI is InChI=1S/C20H28Cl4N2O3/c1-29-18-4-2-16(3-5-18)17(14-19(27)25(10-6-21)11-7-22)15-20(28)26(12-8-23)13-9-24/h2-5,17H,6-15H2,1H3. The maximum atomic E-state index is 12.8. The summed E-state index contributed by atoms with van der Waals surface area (Å²) in [5.41, 5.74) is 0.890. The molecule has 1 rings (SSSR count). The van der Waals surface area contributed by atoms with E-state index in [2.05, 4.69) is 0 Å². The Labute approximate surface area is 193 Å². The van der Waals surface area contributed by atoms with Crippen molar-refractivity contribution in [2.24, 2.45) is 0 Å². The number of hydrogen-bond acceptors (Lipinski definition) is 3. The molecule has 164 valence electrons. The molecule has 1 aromatic rings. The largest absolute Gasteiger partial charge is 0.497 e. The molecular weight excluding hydrogens is 458 g/mol. The van der Waals surface area contributed by atoms with Gasteiger partial charge in [-0.2, -0.15) is 0 Å². The van der Waals surface area contributed by atoms with Crippen molar-refractivity contribution in [3.05, 3.63) is 29.8 Å². The molecule has 2 amide bonds. The molecule has 0 unspecified atom stereocenters. The van der Waals surface area contributed by atoms with Gasteiger partial charge in [0.1, 0.15) is 5.75 Å². The van der Waals surface area contributed by atoms with Crippen LogP contribution in [0.15, 0.2) is 24.3 Å². The van der Waals surface area contributed by atoms with E-state index in [9.17, 15) is 9.59 Å². The van der Waals surface area contributed by atoms with Gasteiger partial charge in [-0.3, -0.25) is 9.59 Å². The molecule has 29 heavy (non-hydrogen) atoms. The van der Waals surface area contributed by atoms with Gasteiger partial charge in [-0.25, -0.2) is 0 Å². The molecule has 0 aliphatic heterocycles. The number of ether oxygens (including phenoxy) is 1. The minimum Gasteiger partial charge on any atom is -0.497 e. The van der Waals surface area contributed by atoms with Crippen molar-refractivity contribution in [2.45, 2.75) is 18.8 Å². The van der Waals surface area contributed by atoms with Crippen LogP contribution in [0.25, 0.3) is 0 Å². The first-order valence-electron chi connectivity index (χ1n) is 9.44. The average Bonchev–Trinajstić information content (AvgIpc) is 2.72. The summed E-state index contributed by atoms with van der Waals surface area (Å²) in [6, 6.07) is 7.40. The predicted molar refractivity (Wildman–Crippen MR) is 121 cm³/mol. The third kappa shape index (κ3) is 9.20. The topological polar surface area (TPSA) is 49.9 Å². The first-order chi connectivity index (χ1) is 14.0. The molecule has 0 N–H and O–H groups in total. The van der Waals surface area contributed by atoms with E-state index >= 15 is 0 Å². The van der Waals surface area contributed by atoms with Gasteiger partial charge in [-0.1, -0.05) is 12.1 Å². The second-order valence-corrected chi connectivity index (χ2v) is 7.91. The number of halogens is 4. The van der Waals surface area contributed by atoms with Gasteiger partial charge in [0.25, 0.3) is 0 Å². The molecule has 0 aliphatic carbocycles. The van der Waals surface area contributed by atoms with E-state index in [1.54, 1.807) is 16.9 Å². The van der Waals surface area contributed by atoms with Crippen LogP contribution in [0.1, 0.15) is 24.3 Å². The zero-order valence-electron chi connectivity index (χ0n) is 16.6. The maximum Gasteiger partial charge on any atom is 0.223 e. The van der Waals surface area contributed by atoms with Crippen molar-refractivity contribution >= 4 is 58.2 Å². The van der Waals surface area contributed by atoms with Crippen LogP contribution in [0.3, 0.4) is 0 Å². The van der Waals surface area contributed by atoms with Gasteiger partial charge in [-0.05, 0) is 17.7 Å². The average molecular weight is 486 g/mol. The fourth-order valence-electron chi connectivity index (χ4n) is 2.99. The van der Waals surface area contributed by atoms with Crippen molar-refractivity contribution in [2.75, 3.05) is 56.8 Å². The molecule has 0 saturated heterocycles. The lowest BCUT2D eigenvalue weighted by atomic mass is 9.91. The van der Waals surface area contributed by atoms with Crippen molar-refractivity contribution < 1.29 is 14.3 Å². The van der Waals surface area contributed by atoms with E-state index in [1.165, 1.54) is 0 Å². The predicted octanol–water partition coefficient (Wildman–Crippen LogP) is 4.17. The van der Waals surface area contributed by atoms with Crippen molar-refractivity contribution in [1.29, 1.82) is 0 Å². The molecule has 0 radical (unpaired) electrons. The van der Waals surface area contributed by atoms with E-state index in [-0.39, 0.29) is 30.6 Å². The number of alkyl halides is 4. The SMILES string of the molecule is COc1ccc(C(CC(=O)N(CCCl)CCCl)CC(=O)N(CCCl)CCCl)cc1. The van der Waals surface area contributed by atoms with Crippen LogP contribution in [0.5, 0.6) is 5.75 Å². The summed E-state index contributed by atoms with van der Waals surface area (Å²) < 4.78 is 5.21. The second-order valence-electron chi connectivity index (χ2n) is 6.40. The Bertz CT molecular complexity index is 574. The molecule has 0 saturated carbocycles. The molecule has 5 nitrogen and oxygen atoms in total.